The molecule has 4 aromatic rings. The Morgan fingerprint density at radius 1 is 1.11 bits per heavy atom. The quantitative estimate of drug-likeness (QED) is 0.224. The maximum absolute atomic E-state index is 13.9. The van der Waals surface area contributed by atoms with Crippen LogP contribution in [0, 0.1) is 11.7 Å². The number of ether oxygens (including phenoxy) is 2. The molecule has 1 aromatic carbocycles. The standard InChI is InChI=1S/C36H38FN5O5/c1-35(34(38)44)19-46-32-27(35)17-29(40-31(32)21-8-10-24(37)11-9-21)36(45,23-4-2-3-5-23)18-39-33(43)22-14-25-16-28(20-6-7-20)41-42(25)30(15-22)47-26-12-13-26/h8-11,14-17,20,23,26,45H,2-7,12-13,18-19H2,1H3,(H2,38,44)(H,39,43)/t35-,36?/m0/s1. The Kier molecular flexibility index (Phi) is 7.02. The van der Waals surface area contributed by atoms with E-state index in [2.05, 4.69) is 5.32 Å². The predicted octanol–water partition coefficient (Wildman–Crippen LogP) is 4.90. The molecule has 244 valence electrons. The van der Waals surface area contributed by atoms with Crippen molar-refractivity contribution in [3.05, 3.63) is 76.9 Å². The van der Waals surface area contributed by atoms with Crippen LogP contribution in [0.1, 0.15) is 91.5 Å². The van der Waals surface area contributed by atoms with E-state index in [1.165, 1.54) is 12.1 Å². The molecule has 3 saturated carbocycles. The van der Waals surface area contributed by atoms with Gasteiger partial charge in [0, 0.05) is 28.7 Å². The summed E-state index contributed by atoms with van der Waals surface area (Å²) in [5, 5.41) is 20.4. The molecule has 3 fully saturated rings. The number of aromatic nitrogens is 3. The molecule has 4 N–H and O–H groups in total. The highest BCUT2D eigenvalue weighted by Gasteiger charge is 2.48. The summed E-state index contributed by atoms with van der Waals surface area (Å²) in [7, 11) is 0. The Hall–Kier alpha value is -4.51. The summed E-state index contributed by atoms with van der Waals surface area (Å²) >= 11 is 0. The summed E-state index contributed by atoms with van der Waals surface area (Å²) in [5.41, 5.74) is 7.10. The average molecular weight is 640 g/mol. The number of rotatable bonds is 10. The summed E-state index contributed by atoms with van der Waals surface area (Å²) in [6, 6.07) is 13.1. The summed E-state index contributed by atoms with van der Waals surface area (Å²) in [4.78, 5) is 31.5. The van der Waals surface area contributed by atoms with Gasteiger partial charge in [-0.3, -0.25) is 9.59 Å². The SMILES string of the molecule is C[C@]1(C(N)=O)COc2c1cc(C(O)(CNC(=O)c1cc(OC3CC3)n3nc(C4CC4)cc3c1)C1CCCC1)nc2-c1ccc(F)cc1. The second kappa shape index (κ2) is 11.0. The minimum absolute atomic E-state index is 0.0143. The average Bonchev–Trinajstić information content (AvgIpc) is 3.94. The molecule has 1 unspecified atom stereocenters. The van der Waals surface area contributed by atoms with E-state index >= 15 is 0 Å². The monoisotopic (exact) mass is 639 g/mol. The van der Waals surface area contributed by atoms with E-state index in [-0.39, 0.29) is 31.1 Å². The van der Waals surface area contributed by atoms with Gasteiger partial charge in [-0.25, -0.2) is 13.9 Å². The first kappa shape index (κ1) is 29.9. The van der Waals surface area contributed by atoms with E-state index in [0.29, 0.717) is 45.6 Å². The van der Waals surface area contributed by atoms with Gasteiger partial charge in [0.25, 0.3) is 5.91 Å². The first-order chi connectivity index (χ1) is 22.6. The number of halogens is 1. The van der Waals surface area contributed by atoms with E-state index in [1.54, 1.807) is 41.8 Å². The first-order valence-corrected chi connectivity index (χ1v) is 16.6. The normalized spacial score (nSPS) is 22.1. The van der Waals surface area contributed by atoms with Gasteiger partial charge in [0.2, 0.25) is 11.8 Å². The van der Waals surface area contributed by atoms with Crippen LogP contribution in [0.25, 0.3) is 16.8 Å². The Morgan fingerprint density at radius 2 is 1.85 bits per heavy atom. The van der Waals surface area contributed by atoms with Crippen molar-refractivity contribution in [2.24, 2.45) is 11.7 Å². The van der Waals surface area contributed by atoms with Crippen LogP contribution in [0.5, 0.6) is 11.6 Å². The molecule has 47 heavy (non-hydrogen) atoms. The fraction of sp³-hybridized carbons (Fsp3) is 0.444. The van der Waals surface area contributed by atoms with Crippen LogP contribution in [-0.4, -0.2) is 50.8 Å². The number of fused-ring (bicyclic) bond motifs is 2. The number of amides is 2. The van der Waals surface area contributed by atoms with Crippen molar-refractivity contribution in [3.8, 4) is 22.9 Å². The van der Waals surface area contributed by atoms with Crippen LogP contribution in [0.4, 0.5) is 4.39 Å². The van der Waals surface area contributed by atoms with Gasteiger partial charge in [-0.05, 0) is 93.8 Å². The lowest BCUT2D eigenvalue weighted by Crippen LogP contribution is -2.46. The number of nitrogens with two attached hydrogens (primary N) is 1. The summed E-state index contributed by atoms with van der Waals surface area (Å²) in [6.45, 7) is 1.61. The minimum atomic E-state index is -1.58. The largest absolute Gasteiger partial charge is 0.489 e. The van der Waals surface area contributed by atoms with Gasteiger partial charge in [-0.15, -0.1) is 0 Å². The molecule has 0 saturated heterocycles. The van der Waals surface area contributed by atoms with Crippen LogP contribution in [-0.2, 0) is 15.8 Å². The molecule has 4 aliphatic rings. The summed E-state index contributed by atoms with van der Waals surface area (Å²) in [6.07, 6.45) is 7.63. The van der Waals surface area contributed by atoms with Crippen molar-refractivity contribution in [2.75, 3.05) is 13.2 Å². The van der Waals surface area contributed by atoms with Crippen molar-refractivity contribution in [1.82, 2.24) is 19.9 Å². The molecule has 4 heterocycles. The minimum Gasteiger partial charge on any atom is -0.489 e. The highest BCUT2D eigenvalue weighted by atomic mass is 19.1. The third-order valence-corrected chi connectivity index (χ3v) is 10.3. The van der Waals surface area contributed by atoms with Crippen LogP contribution in [0.2, 0.25) is 0 Å². The van der Waals surface area contributed by atoms with Gasteiger partial charge in [0.15, 0.2) is 0 Å². The second-order valence-electron chi connectivity index (χ2n) is 13.9. The van der Waals surface area contributed by atoms with E-state index in [9.17, 15) is 19.1 Å². The predicted molar refractivity (Wildman–Crippen MR) is 171 cm³/mol. The lowest BCUT2D eigenvalue weighted by atomic mass is 9.78. The summed E-state index contributed by atoms with van der Waals surface area (Å²) < 4.78 is 27.9. The Morgan fingerprint density at radius 3 is 2.53 bits per heavy atom. The van der Waals surface area contributed by atoms with Crippen molar-refractivity contribution in [1.29, 1.82) is 0 Å². The van der Waals surface area contributed by atoms with E-state index in [1.807, 2.05) is 6.07 Å². The molecule has 1 aliphatic heterocycles. The first-order valence-electron chi connectivity index (χ1n) is 16.6. The Labute approximate surface area is 271 Å². The third kappa shape index (κ3) is 5.30. The van der Waals surface area contributed by atoms with Crippen molar-refractivity contribution < 1.29 is 28.6 Å². The highest BCUT2D eigenvalue weighted by Crippen LogP contribution is 2.48. The lowest BCUT2D eigenvalue weighted by Gasteiger charge is -2.35. The van der Waals surface area contributed by atoms with Crippen molar-refractivity contribution in [3.63, 3.8) is 0 Å². The Bertz CT molecular complexity index is 1900. The molecule has 0 radical (unpaired) electrons. The molecule has 3 aliphatic carbocycles. The van der Waals surface area contributed by atoms with Crippen LogP contribution in [0.15, 0.2) is 48.5 Å². The maximum Gasteiger partial charge on any atom is 0.251 e. The fourth-order valence-electron chi connectivity index (χ4n) is 7.02. The number of primary amides is 1. The number of hydrogen-bond donors (Lipinski definition) is 3. The maximum atomic E-state index is 13.9. The topological polar surface area (TPSA) is 141 Å². The Balaban J connectivity index is 1.17. The van der Waals surface area contributed by atoms with E-state index in [4.69, 9.17) is 25.3 Å². The van der Waals surface area contributed by atoms with Gasteiger partial charge < -0.3 is 25.6 Å². The zero-order chi connectivity index (χ0) is 32.5. The molecule has 8 rings (SSSR count). The van der Waals surface area contributed by atoms with Gasteiger partial charge in [-0.1, -0.05) is 12.8 Å². The van der Waals surface area contributed by atoms with E-state index in [0.717, 1.165) is 62.6 Å². The highest BCUT2D eigenvalue weighted by molar-refractivity contribution is 5.96. The van der Waals surface area contributed by atoms with E-state index < -0.39 is 22.7 Å². The number of carbonyl (C=O) groups is 2. The van der Waals surface area contributed by atoms with Crippen LogP contribution >= 0.6 is 0 Å². The van der Waals surface area contributed by atoms with Crippen LogP contribution in [0.3, 0.4) is 0 Å². The number of hydrogen-bond acceptors (Lipinski definition) is 7. The molecule has 2 atom stereocenters. The summed E-state index contributed by atoms with van der Waals surface area (Å²) in [5.74, 6) is -0.180. The molecule has 2 amide bonds. The number of aliphatic hydroxyl groups is 1. The zero-order valence-electron chi connectivity index (χ0n) is 26.3. The second-order valence-corrected chi connectivity index (χ2v) is 13.9. The molecular formula is C36H38FN5O5. The molecule has 0 bridgehead atoms. The molecule has 11 heteroatoms. The number of benzene rings is 1. The molecular weight excluding hydrogens is 601 g/mol. The number of carbonyl (C=O) groups excluding carboxylic acids is 2. The molecule has 0 spiro atoms. The van der Waals surface area contributed by atoms with Gasteiger partial charge in [0.1, 0.15) is 41.0 Å². The van der Waals surface area contributed by atoms with Crippen molar-refractivity contribution in [2.45, 2.75) is 81.3 Å². The van der Waals surface area contributed by atoms with Gasteiger partial charge in [0.05, 0.1) is 23.4 Å². The smallest absolute Gasteiger partial charge is 0.251 e. The van der Waals surface area contributed by atoms with Crippen molar-refractivity contribution >= 4 is 17.3 Å². The molecule has 3 aromatic heterocycles. The fourth-order valence-corrected chi connectivity index (χ4v) is 7.02. The zero-order valence-corrected chi connectivity index (χ0v) is 26.3. The van der Waals surface area contributed by atoms with Gasteiger partial charge >= 0.3 is 0 Å². The number of pyridine rings is 2. The van der Waals surface area contributed by atoms with Crippen LogP contribution < -0.4 is 20.5 Å². The molecule has 10 nitrogen and oxygen atoms in total. The number of nitrogens with one attached hydrogen (secondary N) is 1. The lowest BCUT2D eigenvalue weighted by molar-refractivity contribution is -0.123. The third-order valence-electron chi connectivity index (χ3n) is 10.3. The number of nitrogens with zero attached hydrogens (tertiary/aromatic N) is 3. The van der Waals surface area contributed by atoms with Gasteiger partial charge in [-0.2, -0.15) is 5.10 Å².